The van der Waals surface area contributed by atoms with Gasteiger partial charge in [0.2, 0.25) is 11.8 Å². The molecule has 1 aromatic carbocycles. The summed E-state index contributed by atoms with van der Waals surface area (Å²) >= 11 is 3.73. The maximum absolute atomic E-state index is 14.8. The number of benzene rings is 1. The minimum atomic E-state index is -1.21. The van der Waals surface area contributed by atoms with Crippen LogP contribution in [0.3, 0.4) is 0 Å². The number of aryl methyl sites for hydroxylation is 2. The average Bonchev–Trinajstić information content (AvgIpc) is 3.49. The number of halogens is 1. The van der Waals surface area contributed by atoms with Crippen molar-refractivity contribution < 1.29 is 24.2 Å². The van der Waals surface area contributed by atoms with Gasteiger partial charge in [0, 0.05) is 30.7 Å². The number of ether oxygens (including phenoxy) is 1. The van der Waals surface area contributed by atoms with Crippen molar-refractivity contribution in [2.24, 2.45) is 17.8 Å². The molecule has 9 heteroatoms. The highest BCUT2D eigenvalue weighted by Crippen LogP contribution is 2.61. The standard InChI is InChI=1S/C31H42BrN3O5/c1-8-13-33(7)28(37)23-24-29(38)35(21(17-36)15-18(3)4)27(31(24)16-22(32)26(23)40-31)30(39)34(14-9-2)25-19(5)11-10-12-20(25)6/h8-12,18,21-24,26-27,36H,1-2,13-17H2,3-7H3/t21-,22?,23+,24+,26+,27?,31?/m1/s1. The number of amides is 3. The summed E-state index contributed by atoms with van der Waals surface area (Å²) in [7, 11) is 1.69. The molecule has 3 heterocycles. The maximum Gasteiger partial charge on any atom is 0.253 e. The highest BCUT2D eigenvalue weighted by Gasteiger charge is 2.77. The fourth-order valence-corrected chi connectivity index (χ4v) is 8.12. The van der Waals surface area contributed by atoms with E-state index in [0.717, 1.165) is 16.8 Å². The van der Waals surface area contributed by atoms with Gasteiger partial charge in [-0.1, -0.05) is 60.1 Å². The number of carbonyl (C=O) groups excluding carboxylic acids is 3. The summed E-state index contributed by atoms with van der Waals surface area (Å²) in [6.07, 6.45) is 3.69. The molecule has 0 aliphatic carbocycles. The van der Waals surface area contributed by atoms with E-state index in [-0.39, 0.29) is 41.6 Å². The Balaban J connectivity index is 1.89. The van der Waals surface area contributed by atoms with Crippen LogP contribution in [-0.4, -0.2) is 88.0 Å². The van der Waals surface area contributed by atoms with Crippen LogP contribution < -0.4 is 4.90 Å². The number of fused-ring (bicyclic) bond motifs is 1. The zero-order valence-electron chi connectivity index (χ0n) is 24.2. The van der Waals surface area contributed by atoms with Crippen LogP contribution in [0.4, 0.5) is 5.69 Å². The first kappa shape index (κ1) is 30.5. The number of likely N-dealkylation sites (tertiary alicyclic amines) is 1. The topological polar surface area (TPSA) is 90.4 Å². The predicted octanol–water partition coefficient (Wildman–Crippen LogP) is 3.62. The molecule has 0 aromatic heterocycles. The Morgan fingerprint density at radius 2 is 1.82 bits per heavy atom. The maximum atomic E-state index is 14.8. The van der Waals surface area contributed by atoms with Crippen molar-refractivity contribution in [3.05, 3.63) is 54.6 Å². The fraction of sp³-hybridized carbons (Fsp3) is 0.581. The van der Waals surface area contributed by atoms with Gasteiger partial charge in [-0.05, 0) is 43.7 Å². The van der Waals surface area contributed by atoms with Crippen LogP contribution in [0.1, 0.15) is 37.8 Å². The highest BCUT2D eigenvalue weighted by molar-refractivity contribution is 9.09. The summed E-state index contributed by atoms with van der Waals surface area (Å²) in [5.74, 6) is -2.20. The first-order valence-electron chi connectivity index (χ1n) is 14.0. The molecule has 8 nitrogen and oxygen atoms in total. The number of nitrogens with zero attached hydrogens (tertiary/aromatic N) is 3. The number of rotatable bonds is 11. The lowest BCUT2D eigenvalue weighted by molar-refractivity contribution is -0.147. The molecule has 0 radical (unpaired) electrons. The third-order valence-electron chi connectivity index (χ3n) is 8.66. The number of aliphatic hydroxyl groups is 1. The number of hydrogen-bond acceptors (Lipinski definition) is 5. The molecule has 0 saturated carbocycles. The van der Waals surface area contributed by atoms with Crippen LogP contribution in [0, 0.1) is 31.6 Å². The summed E-state index contributed by atoms with van der Waals surface area (Å²) in [5.41, 5.74) is 1.42. The van der Waals surface area contributed by atoms with Crippen molar-refractivity contribution in [2.45, 2.75) is 69.2 Å². The van der Waals surface area contributed by atoms with E-state index < -0.39 is 35.6 Å². The molecule has 4 rings (SSSR count). The number of para-hydroxylation sites is 1. The first-order chi connectivity index (χ1) is 18.9. The first-order valence-corrected chi connectivity index (χ1v) is 15.0. The van der Waals surface area contributed by atoms with Crippen LogP contribution in [0.15, 0.2) is 43.5 Å². The number of anilines is 1. The number of likely N-dealkylation sites (N-methyl/N-ethyl adjacent to an activating group) is 1. The third kappa shape index (κ3) is 4.84. The second-order valence-corrected chi connectivity index (χ2v) is 13.0. The molecule has 3 aliphatic rings. The number of alkyl halides is 1. The second kappa shape index (κ2) is 11.8. The van der Waals surface area contributed by atoms with Crippen molar-refractivity contribution in [1.29, 1.82) is 0 Å². The van der Waals surface area contributed by atoms with E-state index in [1.165, 1.54) is 0 Å². The lowest BCUT2D eigenvalue weighted by Crippen LogP contribution is -2.59. The summed E-state index contributed by atoms with van der Waals surface area (Å²) in [4.78, 5) is 47.7. The lowest BCUT2D eigenvalue weighted by atomic mass is 9.70. The van der Waals surface area contributed by atoms with Gasteiger partial charge in [0.05, 0.1) is 30.6 Å². The molecule has 3 saturated heterocycles. The van der Waals surface area contributed by atoms with Crippen molar-refractivity contribution in [3.63, 3.8) is 0 Å². The van der Waals surface area contributed by atoms with Crippen LogP contribution in [0.2, 0.25) is 0 Å². The molecule has 218 valence electrons. The third-order valence-corrected chi connectivity index (χ3v) is 9.50. The quantitative estimate of drug-likeness (QED) is 0.303. The van der Waals surface area contributed by atoms with Gasteiger partial charge in [-0.3, -0.25) is 14.4 Å². The van der Waals surface area contributed by atoms with E-state index in [9.17, 15) is 19.5 Å². The van der Waals surface area contributed by atoms with E-state index in [4.69, 9.17) is 4.74 Å². The number of aliphatic hydroxyl groups excluding tert-OH is 1. The van der Waals surface area contributed by atoms with E-state index in [1.807, 2.05) is 45.9 Å². The van der Waals surface area contributed by atoms with Gasteiger partial charge in [0.25, 0.3) is 5.91 Å². The monoisotopic (exact) mass is 615 g/mol. The molecule has 3 unspecified atom stereocenters. The molecule has 1 spiro atoms. The molecule has 1 N–H and O–H groups in total. The fourth-order valence-electron chi connectivity index (χ4n) is 7.18. The van der Waals surface area contributed by atoms with E-state index in [1.54, 1.807) is 33.9 Å². The Labute approximate surface area is 246 Å². The molecule has 7 atom stereocenters. The molecule has 1 aromatic rings. The Morgan fingerprint density at radius 1 is 1.20 bits per heavy atom. The Morgan fingerprint density at radius 3 is 2.38 bits per heavy atom. The lowest BCUT2D eigenvalue weighted by Gasteiger charge is -2.40. The molecule has 3 amide bonds. The number of hydrogen-bond donors (Lipinski definition) is 1. The zero-order valence-corrected chi connectivity index (χ0v) is 25.8. The van der Waals surface area contributed by atoms with E-state index in [0.29, 0.717) is 19.4 Å². The Kier molecular flexibility index (Phi) is 8.97. The van der Waals surface area contributed by atoms with Gasteiger partial charge in [-0.25, -0.2) is 0 Å². The van der Waals surface area contributed by atoms with Crippen LogP contribution in [0.25, 0.3) is 0 Å². The van der Waals surface area contributed by atoms with Crippen molar-refractivity contribution in [1.82, 2.24) is 9.80 Å². The van der Waals surface area contributed by atoms with Gasteiger partial charge in [0.15, 0.2) is 0 Å². The smallest absolute Gasteiger partial charge is 0.253 e. The van der Waals surface area contributed by atoms with Crippen molar-refractivity contribution in [2.75, 3.05) is 31.6 Å². The van der Waals surface area contributed by atoms with Gasteiger partial charge < -0.3 is 24.5 Å². The van der Waals surface area contributed by atoms with Gasteiger partial charge in [-0.15, -0.1) is 13.2 Å². The van der Waals surface area contributed by atoms with Gasteiger partial charge in [-0.2, -0.15) is 0 Å². The molecule has 3 fully saturated rings. The second-order valence-electron chi connectivity index (χ2n) is 11.9. The normalized spacial score (nSPS) is 29.4. The molecular formula is C31H42BrN3O5. The number of carbonyl (C=O) groups is 3. The summed E-state index contributed by atoms with van der Waals surface area (Å²) in [6, 6.07) is 4.25. The molecule has 2 bridgehead atoms. The van der Waals surface area contributed by atoms with E-state index >= 15 is 0 Å². The average molecular weight is 617 g/mol. The zero-order chi connectivity index (χ0) is 29.5. The van der Waals surface area contributed by atoms with Crippen molar-refractivity contribution >= 4 is 39.3 Å². The predicted molar refractivity (Wildman–Crippen MR) is 159 cm³/mol. The molecular weight excluding hydrogens is 574 g/mol. The SMILES string of the molecule is C=CCN(C)C(=O)[C@H]1[C@H]2C(=O)N([C@@H](CO)CC(C)C)C(C(=O)N(CC=C)c3c(C)cccc3C)C23CC(Br)[C@@H]1O3. The Bertz CT molecular complexity index is 1170. The van der Waals surface area contributed by atoms with E-state index in [2.05, 4.69) is 29.1 Å². The van der Waals surface area contributed by atoms with Crippen molar-refractivity contribution in [3.8, 4) is 0 Å². The van der Waals surface area contributed by atoms with Gasteiger partial charge in [0.1, 0.15) is 11.6 Å². The summed E-state index contributed by atoms with van der Waals surface area (Å²) < 4.78 is 6.68. The minimum absolute atomic E-state index is 0.166. The highest BCUT2D eigenvalue weighted by atomic mass is 79.9. The molecule has 40 heavy (non-hydrogen) atoms. The minimum Gasteiger partial charge on any atom is -0.394 e. The molecule has 3 aliphatic heterocycles. The van der Waals surface area contributed by atoms with Crippen LogP contribution in [-0.2, 0) is 19.1 Å². The largest absolute Gasteiger partial charge is 0.394 e. The summed E-state index contributed by atoms with van der Waals surface area (Å²) in [6.45, 7) is 15.9. The van der Waals surface area contributed by atoms with Crippen LogP contribution >= 0.6 is 15.9 Å². The summed E-state index contributed by atoms with van der Waals surface area (Å²) in [5, 5.41) is 10.5. The van der Waals surface area contributed by atoms with Gasteiger partial charge >= 0.3 is 0 Å². The Hall–Kier alpha value is -2.49. The van der Waals surface area contributed by atoms with Crippen LogP contribution in [0.5, 0.6) is 0 Å².